The van der Waals surface area contributed by atoms with Gasteiger partial charge in [-0.25, -0.2) is 14.6 Å². The highest BCUT2D eigenvalue weighted by Crippen LogP contribution is 2.07. The minimum absolute atomic E-state index is 0.120. The lowest BCUT2D eigenvalue weighted by atomic mass is 10.2. The van der Waals surface area contributed by atoms with E-state index in [0.29, 0.717) is 23.8 Å². The van der Waals surface area contributed by atoms with Crippen molar-refractivity contribution in [3.05, 3.63) is 17.3 Å². The number of aliphatic carboxylic acids is 1. The molecule has 1 aromatic heterocycles. The number of carbonyl (C=O) groups is 2. The van der Waals surface area contributed by atoms with E-state index in [1.807, 2.05) is 13.2 Å². The lowest BCUT2D eigenvalue weighted by Crippen LogP contribution is -2.46. The van der Waals surface area contributed by atoms with Crippen molar-refractivity contribution in [3.8, 4) is 0 Å². The monoisotopic (exact) mass is 301 g/mol. The van der Waals surface area contributed by atoms with E-state index in [0.717, 1.165) is 5.69 Å². The molecule has 0 aliphatic heterocycles. The quantitative estimate of drug-likeness (QED) is 0.701. The molecule has 0 bridgehead atoms. The standard InChI is InChI=1S/C12H19N3O4S/c1-7-8(2)19-10(14-7)6-13-12(18)15-9(11(16)17)4-5-20-3/h9H,4-6H2,1-3H3,(H,16,17)(H2,13,15,18)/t9-/m0/s1. The van der Waals surface area contributed by atoms with Crippen molar-refractivity contribution < 1.29 is 19.1 Å². The van der Waals surface area contributed by atoms with E-state index >= 15 is 0 Å². The number of carboxylic acid groups (broad SMARTS) is 1. The van der Waals surface area contributed by atoms with Crippen LogP contribution in [0, 0.1) is 13.8 Å². The molecule has 0 fully saturated rings. The van der Waals surface area contributed by atoms with Gasteiger partial charge in [0.1, 0.15) is 11.8 Å². The third kappa shape index (κ3) is 5.12. The molecule has 1 aromatic rings. The van der Waals surface area contributed by atoms with Gasteiger partial charge in [-0.3, -0.25) is 0 Å². The van der Waals surface area contributed by atoms with E-state index in [1.54, 1.807) is 6.92 Å². The maximum absolute atomic E-state index is 11.6. The second kappa shape index (κ2) is 7.78. The van der Waals surface area contributed by atoms with Crippen LogP contribution in [0.2, 0.25) is 0 Å². The number of nitrogens with zero attached hydrogens (tertiary/aromatic N) is 1. The first kappa shape index (κ1) is 16.4. The molecule has 1 heterocycles. The fraction of sp³-hybridized carbons (Fsp3) is 0.583. The number of amides is 2. The van der Waals surface area contributed by atoms with E-state index < -0.39 is 18.0 Å². The third-order valence-electron chi connectivity index (χ3n) is 2.69. The summed E-state index contributed by atoms with van der Waals surface area (Å²) in [6.07, 6.45) is 2.26. The molecule has 0 aliphatic rings. The minimum Gasteiger partial charge on any atom is -0.480 e. The first-order valence-corrected chi connectivity index (χ1v) is 7.52. The van der Waals surface area contributed by atoms with Gasteiger partial charge in [-0.05, 0) is 32.3 Å². The van der Waals surface area contributed by atoms with Crippen molar-refractivity contribution in [2.45, 2.75) is 32.9 Å². The Labute approximate surface area is 121 Å². The molecule has 20 heavy (non-hydrogen) atoms. The number of carbonyl (C=O) groups excluding carboxylic acids is 1. The molecule has 8 heteroatoms. The van der Waals surface area contributed by atoms with Gasteiger partial charge in [0.05, 0.1) is 12.2 Å². The smallest absolute Gasteiger partial charge is 0.326 e. The third-order valence-corrected chi connectivity index (χ3v) is 3.33. The summed E-state index contributed by atoms with van der Waals surface area (Å²) in [5.41, 5.74) is 0.769. The van der Waals surface area contributed by atoms with Crippen molar-refractivity contribution in [2.75, 3.05) is 12.0 Å². The number of oxazole rings is 1. The predicted molar refractivity (Wildman–Crippen MR) is 75.8 cm³/mol. The zero-order valence-electron chi connectivity index (χ0n) is 11.7. The molecule has 0 radical (unpaired) electrons. The molecular weight excluding hydrogens is 282 g/mol. The van der Waals surface area contributed by atoms with E-state index in [1.165, 1.54) is 11.8 Å². The highest BCUT2D eigenvalue weighted by Gasteiger charge is 2.19. The molecule has 2 amide bonds. The van der Waals surface area contributed by atoms with Gasteiger partial charge in [-0.2, -0.15) is 11.8 Å². The summed E-state index contributed by atoms with van der Waals surface area (Å²) in [5.74, 6) is 0.712. The van der Waals surface area contributed by atoms with E-state index in [2.05, 4.69) is 15.6 Å². The number of nitrogens with one attached hydrogen (secondary N) is 2. The van der Waals surface area contributed by atoms with Gasteiger partial charge in [0.2, 0.25) is 5.89 Å². The molecule has 0 aliphatic carbocycles. The maximum Gasteiger partial charge on any atom is 0.326 e. The number of carboxylic acids is 1. The Morgan fingerprint density at radius 3 is 2.65 bits per heavy atom. The molecule has 0 spiro atoms. The number of thioether (sulfide) groups is 1. The maximum atomic E-state index is 11.6. The molecule has 3 N–H and O–H groups in total. The second-order valence-electron chi connectivity index (χ2n) is 4.25. The van der Waals surface area contributed by atoms with Crippen LogP contribution in [0.5, 0.6) is 0 Å². The van der Waals surface area contributed by atoms with Gasteiger partial charge in [-0.1, -0.05) is 0 Å². The summed E-state index contributed by atoms with van der Waals surface area (Å²) in [6.45, 7) is 3.72. The Balaban J connectivity index is 2.43. The van der Waals surface area contributed by atoms with Crippen molar-refractivity contribution in [1.82, 2.24) is 15.6 Å². The Morgan fingerprint density at radius 2 is 2.15 bits per heavy atom. The fourth-order valence-corrected chi connectivity index (χ4v) is 1.94. The molecule has 1 rings (SSSR count). The van der Waals surface area contributed by atoms with Crippen LogP contribution >= 0.6 is 11.8 Å². The summed E-state index contributed by atoms with van der Waals surface area (Å²) in [4.78, 5) is 26.7. The first-order valence-electron chi connectivity index (χ1n) is 6.13. The Hall–Kier alpha value is -1.70. The molecular formula is C12H19N3O4S. The van der Waals surface area contributed by atoms with Gasteiger partial charge in [0.25, 0.3) is 0 Å². The van der Waals surface area contributed by atoms with Crippen LogP contribution < -0.4 is 10.6 Å². The number of urea groups is 1. The zero-order valence-corrected chi connectivity index (χ0v) is 12.5. The number of hydrogen-bond donors (Lipinski definition) is 3. The normalized spacial score (nSPS) is 11.9. The first-order chi connectivity index (χ1) is 9.43. The van der Waals surface area contributed by atoms with Crippen LogP contribution in [-0.2, 0) is 11.3 Å². The van der Waals surface area contributed by atoms with Crippen molar-refractivity contribution >= 4 is 23.8 Å². The molecule has 0 saturated heterocycles. The van der Waals surface area contributed by atoms with Gasteiger partial charge in [0, 0.05) is 0 Å². The SMILES string of the molecule is CSCC[C@H](NC(=O)NCc1nc(C)c(C)o1)C(=O)O. The second-order valence-corrected chi connectivity index (χ2v) is 5.23. The molecule has 112 valence electrons. The van der Waals surface area contributed by atoms with E-state index in [4.69, 9.17) is 9.52 Å². The predicted octanol–water partition coefficient (Wildman–Crippen LogP) is 1.30. The highest BCUT2D eigenvalue weighted by atomic mass is 32.2. The van der Waals surface area contributed by atoms with Crippen LogP contribution in [0.15, 0.2) is 4.42 Å². The summed E-state index contributed by atoms with van der Waals surface area (Å²) in [6, 6.07) is -1.44. The van der Waals surface area contributed by atoms with Gasteiger partial charge < -0.3 is 20.2 Å². The number of hydrogen-bond acceptors (Lipinski definition) is 5. The number of rotatable bonds is 7. The molecule has 0 aromatic carbocycles. The number of aryl methyl sites for hydroxylation is 2. The highest BCUT2D eigenvalue weighted by molar-refractivity contribution is 7.98. The zero-order chi connectivity index (χ0) is 15.1. The summed E-state index contributed by atoms with van der Waals surface area (Å²) >= 11 is 1.53. The topological polar surface area (TPSA) is 104 Å². The van der Waals surface area contributed by atoms with E-state index in [9.17, 15) is 9.59 Å². The van der Waals surface area contributed by atoms with Gasteiger partial charge >= 0.3 is 12.0 Å². The van der Waals surface area contributed by atoms with E-state index in [-0.39, 0.29) is 6.54 Å². The molecule has 7 nitrogen and oxygen atoms in total. The largest absolute Gasteiger partial charge is 0.480 e. The molecule has 1 atom stereocenters. The van der Waals surface area contributed by atoms with Crippen molar-refractivity contribution in [1.29, 1.82) is 0 Å². The summed E-state index contributed by atoms with van der Waals surface area (Å²) in [5, 5.41) is 13.9. The number of aromatic nitrogens is 1. The van der Waals surface area contributed by atoms with Gasteiger partial charge in [0.15, 0.2) is 0 Å². The average molecular weight is 301 g/mol. The Bertz CT molecular complexity index is 456. The molecule has 0 saturated carbocycles. The van der Waals surface area contributed by atoms with Crippen LogP contribution in [0.25, 0.3) is 0 Å². The van der Waals surface area contributed by atoms with Crippen molar-refractivity contribution in [3.63, 3.8) is 0 Å². The van der Waals surface area contributed by atoms with Gasteiger partial charge in [-0.15, -0.1) is 0 Å². The lowest BCUT2D eigenvalue weighted by Gasteiger charge is -2.14. The average Bonchev–Trinajstić information content (AvgIpc) is 2.71. The van der Waals surface area contributed by atoms with Crippen LogP contribution in [-0.4, -0.2) is 40.1 Å². The Morgan fingerprint density at radius 1 is 1.45 bits per heavy atom. The van der Waals surface area contributed by atoms with Crippen molar-refractivity contribution in [2.24, 2.45) is 0 Å². The van der Waals surface area contributed by atoms with Crippen LogP contribution in [0.1, 0.15) is 23.8 Å². The fourth-order valence-electron chi connectivity index (χ4n) is 1.47. The summed E-state index contributed by atoms with van der Waals surface area (Å²) < 4.78 is 5.31. The summed E-state index contributed by atoms with van der Waals surface area (Å²) in [7, 11) is 0. The minimum atomic E-state index is -1.04. The Kier molecular flexibility index (Phi) is 6.37. The molecule has 0 unspecified atom stereocenters. The lowest BCUT2D eigenvalue weighted by molar-refractivity contribution is -0.139. The van der Waals surface area contributed by atoms with Crippen LogP contribution in [0.3, 0.4) is 0 Å². The van der Waals surface area contributed by atoms with Crippen LogP contribution in [0.4, 0.5) is 4.79 Å².